The molecule has 0 aliphatic rings. The van der Waals surface area contributed by atoms with E-state index in [2.05, 4.69) is 20.1 Å². The molecule has 0 radical (unpaired) electrons. The molecule has 144 valence electrons. The van der Waals surface area contributed by atoms with Crippen molar-refractivity contribution in [3.63, 3.8) is 0 Å². The summed E-state index contributed by atoms with van der Waals surface area (Å²) in [6.07, 6.45) is 0. The summed E-state index contributed by atoms with van der Waals surface area (Å²) in [7, 11) is -4.06. The quantitative estimate of drug-likeness (QED) is 0.478. The number of likely N-dealkylation sites (N-methyl/N-ethyl adjacent to an activating group) is 1. The highest BCUT2D eigenvalue weighted by Gasteiger charge is 2.23. The van der Waals surface area contributed by atoms with Gasteiger partial charge in [-0.15, -0.1) is 0 Å². The Bertz CT molecular complexity index is 751. The van der Waals surface area contributed by atoms with Crippen LogP contribution < -0.4 is 15.4 Å². The second-order valence-corrected chi connectivity index (χ2v) is 6.85. The Morgan fingerprint density at radius 1 is 1.12 bits per heavy atom. The van der Waals surface area contributed by atoms with Crippen molar-refractivity contribution in [1.82, 2.24) is 15.4 Å². The van der Waals surface area contributed by atoms with Crippen LogP contribution in [0.4, 0.5) is 4.39 Å². The van der Waals surface area contributed by atoms with Crippen molar-refractivity contribution in [2.75, 3.05) is 19.7 Å². The van der Waals surface area contributed by atoms with Gasteiger partial charge in [0.1, 0.15) is 11.9 Å². The normalized spacial score (nSPS) is 12.1. The Labute approximate surface area is 150 Å². The average molecular weight is 389 g/mol. The lowest BCUT2D eigenvalue weighted by Gasteiger charge is -2.13. The highest BCUT2D eigenvalue weighted by molar-refractivity contribution is 7.89. The zero-order valence-corrected chi connectivity index (χ0v) is 15.1. The Morgan fingerprint density at radius 2 is 1.73 bits per heavy atom. The van der Waals surface area contributed by atoms with Crippen molar-refractivity contribution in [1.29, 1.82) is 0 Å². The molecule has 3 N–H and O–H groups in total. The van der Waals surface area contributed by atoms with Crippen LogP contribution >= 0.6 is 0 Å². The van der Waals surface area contributed by atoms with E-state index in [-0.39, 0.29) is 11.4 Å². The van der Waals surface area contributed by atoms with Gasteiger partial charge >= 0.3 is 5.97 Å². The van der Waals surface area contributed by atoms with E-state index >= 15 is 0 Å². The molecule has 0 unspecified atom stereocenters. The van der Waals surface area contributed by atoms with Crippen molar-refractivity contribution < 1.29 is 31.9 Å². The molecule has 0 aliphatic heterocycles. The summed E-state index contributed by atoms with van der Waals surface area (Å²) in [6.45, 7) is 2.43. The maximum Gasteiger partial charge on any atom is 0.324 e. The summed E-state index contributed by atoms with van der Waals surface area (Å²) in [5, 5.41) is 4.71. The first-order chi connectivity index (χ1) is 12.2. The van der Waals surface area contributed by atoms with Crippen LogP contribution in [0.15, 0.2) is 29.2 Å². The first kappa shape index (κ1) is 21.5. The second kappa shape index (κ2) is 9.82. The maximum absolute atomic E-state index is 12.8. The lowest BCUT2D eigenvalue weighted by Crippen LogP contribution is -2.42. The molecule has 1 atom stereocenters. The molecule has 1 rings (SSSR count). The smallest absolute Gasteiger partial charge is 0.324 e. The van der Waals surface area contributed by atoms with E-state index < -0.39 is 46.3 Å². The monoisotopic (exact) mass is 389 g/mol. The fraction of sp³-hybridized carbons (Fsp3) is 0.400. The standard InChI is InChI=1S/C15H20FN3O6S/c1-3-17-13(20)8-18-14(21)9-25-15(22)10(2)19-26(23,24)12-6-4-11(16)5-7-12/h4-7,10,19H,3,8-9H2,1-2H3,(H,17,20)(H,18,21)/t10-/m0/s1. The molecule has 9 nitrogen and oxygen atoms in total. The molecule has 0 saturated carbocycles. The highest BCUT2D eigenvalue weighted by Crippen LogP contribution is 2.10. The first-order valence-corrected chi connectivity index (χ1v) is 9.12. The van der Waals surface area contributed by atoms with Gasteiger partial charge in [0, 0.05) is 6.54 Å². The molecule has 0 spiro atoms. The number of benzene rings is 1. The van der Waals surface area contributed by atoms with Crippen LogP contribution in [0.2, 0.25) is 0 Å². The molecule has 1 aromatic rings. The average Bonchev–Trinajstić information content (AvgIpc) is 2.58. The molecule has 0 fully saturated rings. The summed E-state index contributed by atoms with van der Waals surface area (Å²) >= 11 is 0. The van der Waals surface area contributed by atoms with Crippen LogP contribution in [0.1, 0.15) is 13.8 Å². The predicted molar refractivity (Wildman–Crippen MR) is 88.8 cm³/mol. The number of hydrogen-bond donors (Lipinski definition) is 3. The van der Waals surface area contributed by atoms with Crippen molar-refractivity contribution in [2.24, 2.45) is 0 Å². The second-order valence-electron chi connectivity index (χ2n) is 5.13. The Hall–Kier alpha value is -2.53. The van der Waals surface area contributed by atoms with Gasteiger partial charge in [-0.05, 0) is 38.1 Å². The number of hydrogen-bond acceptors (Lipinski definition) is 6. The van der Waals surface area contributed by atoms with E-state index in [0.29, 0.717) is 6.54 Å². The van der Waals surface area contributed by atoms with Gasteiger partial charge in [-0.1, -0.05) is 0 Å². The number of rotatable bonds is 9. The van der Waals surface area contributed by atoms with Gasteiger partial charge in [-0.3, -0.25) is 14.4 Å². The molecule has 0 heterocycles. The molecule has 0 aliphatic carbocycles. The SMILES string of the molecule is CCNC(=O)CNC(=O)COC(=O)[C@H](C)NS(=O)(=O)c1ccc(F)cc1. The third-order valence-corrected chi connectivity index (χ3v) is 4.53. The number of sulfonamides is 1. The molecule has 0 saturated heterocycles. The first-order valence-electron chi connectivity index (χ1n) is 7.63. The fourth-order valence-corrected chi connectivity index (χ4v) is 2.91. The Balaban J connectivity index is 2.48. The van der Waals surface area contributed by atoms with Crippen molar-refractivity contribution >= 4 is 27.8 Å². The lowest BCUT2D eigenvalue weighted by atomic mass is 10.4. The minimum atomic E-state index is -4.06. The molecule has 0 bridgehead atoms. The maximum atomic E-state index is 12.8. The summed E-state index contributed by atoms with van der Waals surface area (Å²) in [6, 6.07) is 2.75. The van der Waals surface area contributed by atoms with Crippen LogP contribution in [-0.2, 0) is 29.1 Å². The molecule has 0 aromatic heterocycles. The molecular weight excluding hydrogens is 369 g/mol. The van der Waals surface area contributed by atoms with Crippen LogP contribution in [0.5, 0.6) is 0 Å². The van der Waals surface area contributed by atoms with E-state index in [4.69, 9.17) is 0 Å². The van der Waals surface area contributed by atoms with Gasteiger partial charge in [-0.2, -0.15) is 4.72 Å². The number of carbonyl (C=O) groups is 3. The van der Waals surface area contributed by atoms with Crippen LogP contribution in [0.3, 0.4) is 0 Å². The van der Waals surface area contributed by atoms with E-state index in [1.165, 1.54) is 6.92 Å². The number of ether oxygens (including phenoxy) is 1. The molecule has 1 aromatic carbocycles. The molecular formula is C15H20FN3O6S. The number of amides is 2. The molecule has 2 amide bonds. The minimum absolute atomic E-state index is 0.224. The third-order valence-electron chi connectivity index (χ3n) is 2.98. The topological polar surface area (TPSA) is 131 Å². The number of esters is 1. The number of carbonyl (C=O) groups excluding carboxylic acids is 3. The Kier molecular flexibility index (Phi) is 8.13. The van der Waals surface area contributed by atoms with E-state index in [1.807, 2.05) is 0 Å². The Morgan fingerprint density at radius 3 is 2.31 bits per heavy atom. The molecule has 11 heteroatoms. The van der Waals surface area contributed by atoms with Gasteiger partial charge in [-0.25, -0.2) is 12.8 Å². The van der Waals surface area contributed by atoms with Gasteiger partial charge in [0.05, 0.1) is 11.4 Å². The summed E-state index contributed by atoms with van der Waals surface area (Å²) < 4.78 is 43.7. The van der Waals surface area contributed by atoms with E-state index in [0.717, 1.165) is 24.3 Å². The zero-order chi connectivity index (χ0) is 19.7. The summed E-state index contributed by atoms with van der Waals surface area (Å²) in [4.78, 5) is 34.2. The zero-order valence-electron chi connectivity index (χ0n) is 14.2. The summed E-state index contributed by atoms with van der Waals surface area (Å²) in [5.74, 6) is -2.69. The van der Waals surface area contributed by atoms with Crippen LogP contribution in [0.25, 0.3) is 0 Å². The van der Waals surface area contributed by atoms with Gasteiger partial charge in [0.25, 0.3) is 5.91 Å². The third kappa shape index (κ3) is 7.15. The predicted octanol–water partition coefficient (Wildman–Crippen LogP) is -0.712. The van der Waals surface area contributed by atoms with E-state index in [1.54, 1.807) is 6.92 Å². The van der Waals surface area contributed by atoms with Gasteiger partial charge in [0.15, 0.2) is 6.61 Å². The number of nitrogens with one attached hydrogen (secondary N) is 3. The largest absolute Gasteiger partial charge is 0.454 e. The van der Waals surface area contributed by atoms with Gasteiger partial charge in [0.2, 0.25) is 15.9 Å². The van der Waals surface area contributed by atoms with Gasteiger partial charge < -0.3 is 15.4 Å². The summed E-state index contributed by atoms with van der Waals surface area (Å²) in [5.41, 5.74) is 0. The van der Waals surface area contributed by atoms with E-state index in [9.17, 15) is 27.2 Å². The minimum Gasteiger partial charge on any atom is -0.454 e. The number of halogens is 1. The fourth-order valence-electron chi connectivity index (χ4n) is 1.71. The van der Waals surface area contributed by atoms with Crippen LogP contribution in [0, 0.1) is 5.82 Å². The highest BCUT2D eigenvalue weighted by atomic mass is 32.2. The van der Waals surface area contributed by atoms with Crippen molar-refractivity contribution in [3.05, 3.63) is 30.1 Å². The van der Waals surface area contributed by atoms with Crippen molar-refractivity contribution in [2.45, 2.75) is 24.8 Å². The lowest BCUT2D eigenvalue weighted by molar-refractivity contribution is -0.149. The van der Waals surface area contributed by atoms with Crippen LogP contribution in [-0.4, -0.2) is 51.9 Å². The molecule has 26 heavy (non-hydrogen) atoms. The van der Waals surface area contributed by atoms with Crippen molar-refractivity contribution in [3.8, 4) is 0 Å².